The van der Waals surface area contributed by atoms with Gasteiger partial charge in [0, 0.05) is 11.1 Å². The number of aromatic amines is 1. The van der Waals surface area contributed by atoms with E-state index in [0.717, 1.165) is 6.33 Å². The zero-order valence-corrected chi connectivity index (χ0v) is 17.8. The highest BCUT2D eigenvalue weighted by Crippen LogP contribution is 2.38. The van der Waals surface area contributed by atoms with E-state index < -0.39 is 57.5 Å². The van der Waals surface area contributed by atoms with Crippen molar-refractivity contribution in [1.82, 2.24) is 15.2 Å². The second kappa shape index (κ2) is 9.94. The van der Waals surface area contributed by atoms with Gasteiger partial charge >= 0.3 is 24.7 Å². The van der Waals surface area contributed by atoms with Crippen LogP contribution in [0.5, 0.6) is 0 Å². The number of hydrogen-bond donors (Lipinski definition) is 2. The Bertz CT molecular complexity index is 1140. The summed E-state index contributed by atoms with van der Waals surface area (Å²) in [6, 6.07) is 2.20. The first kappa shape index (κ1) is 28.9. The third-order valence-electron chi connectivity index (χ3n) is 4.15. The summed E-state index contributed by atoms with van der Waals surface area (Å²) in [5.74, 6) is -0.170. The number of benzene rings is 2. The van der Waals surface area contributed by atoms with Gasteiger partial charge in [-0.2, -0.15) is 57.8 Å². The monoisotopic (exact) mass is 554 g/mol. The summed E-state index contributed by atoms with van der Waals surface area (Å²) in [5.41, 5.74) is -1.43. The van der Waals surface area contributed by atoms with E-state index in [2.05, 4.69) is 27.4 Å². The van der Waals surface area contributed by atoms with E-state index in [0.29, 0.717) is 24.3 Å². The third kappa shape index (κ3) is 7.56. The molecule has 0 saturated carbocycles. The Morgan fingerprint density at radius 3 is 1.28 bits per heavy atom. The maximum atomic E-state index is 12.6. The molecule has 0 atom stereocenters. The molecule has 0 aliphatic rings. The molecule has 0 aliphatic carbocycles. The summed E-state index contributed by atoms with van der Waals surface area (Å²) in [4.78, 5) is 3.01. The Balaban J connectivity index is 0.000000255. The number of nitrogens with one attached hydrogen (secondary N) is 1. The molecule has 0 radical (unpaired) electrons. The molecule has 0 spiro atoms. The number of nitrogens with two attached hydrogens (primary N) is 1. The Labute approximate surface area is 198 Å². The van der Waals surface area contributed by atoms with E-state index in [4.69, 9.17) is 5.73 Å². The van der Waals surface area contributed by atoms with Crippen LogP contribution in [0, 0.1) is 0 Å². The van der Waals surface area contributed by atoms with Gasteiger partial charge in [0.05, 0.1) is 22.3 Å². The van der Waals surface area contributed by atoms with Crippen LogP contribution in [0.2, 0.25) is 0 Å². The summed E-state index contributed by atoms with van der Waals surface area (Å²) in [7, 11) is 0. The van der Waals surface area contributed by atoms with Crippen LogP contribution in [0.3, 0.4) is 0 Å². The largest absolute Gasteiger partial charge is 0.416 e. The maximum Gasteiger partial charge on any atom is 0.416 e. The standard InChI is InChI=1S/C10H5F6N3.C9H5F6NS/c11-9(12,13)6-1-5(8-17-4-18-19-8)2-7(3-6)10(14,15)16;10-8(11,12)5-1-4(7(16)17)2-6(3-5)9(13,14)15/h1-4H,(H,17,18,19);1-3H,(H2,16,17). The summed E-state index contributed by atoms with van der Waals surface area (Å²) in [6.45, 7) is 0. The van der Waals surface area contributed by atoms with Gasteiger partial charge in [0.2, 0.25) is 0 Å². The number of hydrogen-bond acceptors (Lipinski definition) is 3. The topological polar surface area (TPSA) is 67.6 Å². The van der Waals surface area contributed by atoms with Crippen molar-refractivity contribution < 1.29 is 52.7 Å². The normalized spacial score (nSPS) is 12.7. The van der Waals surface area contributed by atoms with Gasteiger partial charge in [-0.05, 0) is 36.4 Å². The second-order valence-corrected chi connectivity index (χ2v) is 7.23. The van der Waals surface area contributed by atoms with Crippen LogP contribution in [0.4, 0.5) is 52.7 Å². The van der Waals surface area contributed by atoms with E-state index in [1.807, 2.05) is 0 Å². The molecule has 0 bridgehead atoms. The van der Waals surface area contributed by atoms with E-state index in [1.54, 1.807) is 0 Å². The van der Waals surface area contributed by atoms with Crippen molar-refractivity contribution in [2.24, 2.45) is 5.73 Å². The fourth-order valence-corrected chi connectivity index (χ4v) is 2.65. The zero-order valence-electron chi connectivity index (χ0n) is 17.0. The molecule has 0 fully saturated rings. The van der Waals surface area contributed by atoms with Gasteiger partial charge in [0.1, 0.15) is 11.3 Å². The molecule has 1 heterocycles. The van der Waals surface area contributed by atoms with Crippen molar-refractivity contribution in [2.45, 2.75) is 24.7 Å². The van der Waals surface area contributed by atoms with Crippen LogP contribution in [0.15, 0.2) is 42.7 Å². The number of halogens is 12. The molecule has 3 rings (SSSR count). The van der Waals surface area contributed by atoms with Gasteiger partial charge in [-0.1, -0.05) is 12.2 Å². The lowest BCUT2D eigenvalue weighted by Crippen LogP contribution is -2.16. The van der Waals surface area contributed by atoms with Crippen LogP contribution in [-0.2, 0) is 24.7 Å². The number of rotatable bonds is 2. The van der Waals surface area contributed by atoms with Crippen LogP contribution in [-0.4, -0.2) is 20.2 Å². The summed E-state index contributed by atoms with van der Waals surface area (Å²) < 4.78 is 149. The first-order valence-corrected chi connectivity index (χ1v) is 9.35. The molecular weight excluding hydrogens is 544 g/mol. The van der Waals surface area contributed by atoms with Crippen LogP contribution in [0.1, 0.15) is 27.8 Å². The lowest BCUT2D eigenvalue weighted by Gasteiger charge is -2.13. The lowest BCUT2D eigenvalue weighted by molar-refractivity contribution is -0.144. The summed E-state index contributed by atoms with van der Waals surface area (Å²) in [5, 5.41) is 5.60. The average molecular weight is 554 g/mol. The van der Waals surface area contributed by atoms with Crippen molar-refractivity contribution in [3.8, 4) is 11.4 Å². The SMILES string of the molecule is FC(F)(F)c1cc(-c2ncn[nH]2)cc(C(F)(F)F)c1.NC(=S)c1cc(C(F)(F)F)cc(C(F)(F)F)c1. The minimum absolute atomic E-state index is 0.0156. The second-order valence-electron chi connectivity index (χ2n) is 6.79. The highest BCUT2D eigenvalue weighted by atomic mass is 32.1. The third-order valence-corrected chi connectivity index (χ3v) is 4.38. The molecule has 2 aromatic carbocycles. The Kier molecular flexibility index (Phi) is 7.97. The van der Waals surface area contributed by atoms with Gasteiger partial charge in [0.25, 0.3) is 0 Å². The fraction of sp³-hybridized carbons (Fsp3) is 0.211. The van der Waals surface area contributed by atoms with Gasteiger partial charge < -0.3 is 5.73 Å². The first-order chi connectivity index (χ1) is 16.2. The molecule has 0 aliphatic heterocycles. The molecular formula is C19H10F12N4S. The summed E-state index contributed by atoms with van der Waals surface area (Å²) in [6.07, 6.45) is -18.5. The van der Waals surface area contributed by atoms with E-state index in [-0.39, 0.29) is 23.5 Å². The number of aromatic nitrogens is 3. The van der Waals surface area contributed by atoms with Gasteiger partial charge in [-0.3, -0.25) is 5.10 Å². The van der Waals surface area contributed by atoms with Crippen LogP contribution < -0.4 is 5.73 Å². The highest BCUT2D eigenvalue weighted by molar-refractivity contribution is 7.80. The van der Waals surface area contributed by atoms with Gasteiger partial charge in [0.15, 0.2) is 5.82 Å². The molecule has 0 amide bonds. The van der Waals surface area contributed by atoms with Crippen molar-refractivity contribution in [3.63, 3.8) is 0 Å². The maximum absolute atomic E-state index is 12.6. The predicted molar refractivity (Wildman–Crippen MR) is 104 cm³/mol. The smallest absolute Gasteiger partial charge is 0.389 e. The van der Waals surface area contributed by atoms with Crippen molar-refractivity contribution in [3.05, 3.63) is 70.5 Å². The Hall–Kier alpha value is -3.37. The highest BCUT2D eigenvalue weighted by Gasteiger charge is 2.38. The number of alkyl halides is 12. The molecule has 17 heteroatoms. The number of nitrogens with zero attached hydrogens (tertiary/aromatic N) is 2. The van der Waals surface area contributed by atoms with Crippen molar-refractivity contribution in [1.29, 1.82) is 0 Å². The summed E-state index contributed by atoms with van der Waals surface area (Å²) >= 11 is 4.37. The predicted octanol–water partition coefficient (Wildman–Crippen LogP) is 6.87. The quantitative estimate of drug-likeness (QED) is 0.268. The van der Waals surface area contributed by atoms with Crippen LogP contribution >= 0.6 is 12.2 Å². The minimum atomic E-state index is -4.89. The Morgan fingerprint density at radius 2 is 1.00 bits per heavy atom. The molecule has 196 valence electrons. The van der Waals surface area contributed by atoms with Gasteiger partial charge in [-0.25, -0.2) is 4.98 Å². The minimum Gasteiger partial charge on any atom is -0.389 e. The average Bonchev–Trinajstić information content (AvgIpc) is 3.26. The van der Waals surface area contributed by atoms with Gasteiger partial charge in [-0.15, -0.1) is 0 Å². The van der Waals surface area contributed by atoms with E-state index in [9.17, 15) is 52.7 Å². The van der Waals surface area contributed by atoms with Crippen molar-refractivity contribution >= 4 is 17.2 Å². The molecule has 4 nitrogen and oxygen atoms in total. The zero-order chi connectivity index (χ0) is 27.7. The van der Waals surface area contributed by atoms with Crippen molar-refractivity contribution in [2.75, 3.05) is 0 Å². The molecule has 0 saturated heterocycles. The lowest BCUT2D eigenvalue weighted by atomic mass is 10.0. The van der Waals surface area contributed by atoms with E-state index >= 15 is 0 Å². The number of H-pyrrole nitrogens is 1. The molecule has 1 aromatic heterocycles. The van der Waals surface area contributed by atoms with Crippen LogP contribution in [0.25, 0.3) is 11.4 Å². The molecule has 3 N–H and O–H groups in total. The number of thiocarbonyl (C=S) groups is 1. The first-order valence-electron chi connectivity index (χ1n) is 8.94. The molecule has 36 heavy (non-hydrogen) atoms. The fourth-order valence-electron chi connectivity index (χ4n) is 2.53. The van der Waals surface area contributed by atoms with E-state index in [1.165, 1.54) is 0 Å². The molecule has 0 unspecified atom stereocenters. The molecule has 3 aromatic rings. The Morgan fingerprint density at radius 1 is 0.639 bits per heavy atom.